The van der Waals surface area contributed by atoms with Crippen LogP contribution in [0.1, 0.15) is 31.1 Å². The Labute approximate surface area is 130 Å². The fourth-order valence-corrected chi connectivity index (χ4v) is 5.02. The van der Waals surface area contributed by atoms with Crippen molar-refractivity contribution in [2.45, 2.75) is 46.0 Å². The third-order valence-corrected chi connectivity index (χ3v) is 7.09. The largest absolute Gasteiger partial charge is 0.465 e. The van der Waals surface area contributed by atoms with E-state index in [9.17, 15) is 9.59 Å². The zero-order chi connectivity index (χ0) is 16.4. The summed E-state index contributed by atoms with van der Waals surface area (Å²) in [6, 6.07) is 0. The molecule has 5 nitrogen and oxygen atoms in total. The number of thiophene rings is 1. The summed E-state index contributed by atoms with van der Waals surface area (Å²) in [6.45, 7) is 11.8. The van der Waals surface area contributed by atoms with Crippen molar-refractivity contribution in [2.24, 2.45) is 0 Å². The Bertz CT molecular complexity index is 540. The minimum Gasteiger partial charge on any atom is -0.465 e. The lowest BCUT2D eigenvalue weighted by molar-refractivity contribution is 0.0603. The van der Waals surface area contributed by atoms with Crippen LogP contribution in [0, 0.1) is 0 Å². The molecule has 0 spiro atoms. The van der Waals surface area contributed by atoms with Crippen LogP contribution in [-0.4, -0.2) is 32.8 Å². The third kappa shape index (κ3) is 4.85. The van der Waals surface area contributed by atoms with E-state index in [0.29, 0.717) is 11.3 Å². The maximum atomic E-state index is 12.0. The lowest BCUT2D eigenvalue weighted by atomic mass is 10.2. The van der Waals surface area contributed by atoms with Crippen LogP contribution < -0.4 is 9.82 Å². The Balaban J connectivity index is 3.11. The summed E-state index contributed by atoms with van der Waals surface area (Å²) in [4.78, 5) is 23.9. The second-order valence-electron chi connectivity index (χ2n) is 6.72. The molecule has 0 unspecified atom stereocenters. The van der Waals surface area contributed by atoms with Crippen molar-refractivity contribution in [3.05, 3.63) is 10.9 Å². The lowest BCUT2D eigenvalue weighted by Crippen LogP contribution is -2.39. The molecule has 7 heteroatoms. The highest BCUT2D eigenvalue weighted by Gasteiger charge is 2.30. The van der Waals surface area contributed by atoms with Gasteiger partial charge in [-0.05, 0) is 20.8 Å². The highest BCUT2D eigenvalue weighted by molar-refractivity contribution is 7.26. The van der Waals surface area contributed by atoms with Crippen LogP contribution in [-0.2, 0) is 9.47 Å². The van der Waals surface area contributed by atoms with Crippen LogP contribution in [0.3, 0.4) is 0 Å². The van der Waals surface area contributed by atoms with Crippen molar-refractivity contribution < 1.29 is 19.1 Å². The van der Waals surface area contributed by atoms with Gasteiger partial charge >= 0.3 is 12.1 Å². The number of hydrogen-bond acceptors (Lipinski definition) is 5. The lowest BCUT2D eigenvalue weighted by Gasteiger charge is -2.20. The molecule has 21 heavy (non-hydrogen) atoms. The number of ether oxygens (including phenoxy) is 2. The molecule has 1 amide bonds. The first-order chi connectivity index (χ1) is 9.45. The van der Waals surface area contributed by atoms with E-state index in [1.807, 2.05) is 0 Å². The zero-order valence-corrected chi connectivity index (χ0v) is 15.4. The predicted octanol–water partition coefficient (Wildman–Crippen LogP) is 3.43. The molecular weight excluding hydrogens is 306 g/mol. The molecule has 0 aliphatic carbocycles. The fraction of sp³-hybridized carbons (Fsp3) is 0.571. The van der Waals surface area contributed by atoms with Crippen LogP contribution in [0.4, 0.5) is 10.5 Å². The van der Waals surface area contributed by atoms with Gasteiger partial charge in [-0.2, -0.15) is 11.3 Å². The standard InChI is InChI=1S/C14H23NO4SSi/c1-14(2,3)19-13(17)15-9-8-20-12(21(5,6)7)10(9)11(16)18-4/h8H,1-7H3,(H,15,17). The molecule has 1 aromatic rings. The van der Waals surface area contributed by atoms with E-state index in [-0.39, 0.29) is 0 Å². The SMILES string of the molecule is COC(=O)c1c(NC(=O)OC(C)(C)C)csc1[Si](C)(C)C. The van der Waals surface area contributed by atoms with Gasteiger partial charge in [-0.1, -0.05) is 19.6 Å². The van der Waals surface area contributed by atoms with Crippen LogP contribution in [0.15, 0.2) is 5.38 Å². The van der Waals surface area contributed by atoms with Gasteiger partial charge in [-0.15, -0.1) is 0 Å². The molecule has 1 N–H and O–H groups in total. The van der Waals surface area contributed by atoms with E-state index in [0.717, 1.165) is 4.50 Å². The topological polar surface area (TPSA) is 64.6 Å². The molecule has 0 aromatic carbocycles. The molecule has 0 fully saturated rings. The van der Waals surface area contributed by atoms with Crippen LogP contribution in [0.2, 0.25) is 19.6 Å². The quantitative estimate of drug-likeness (QED) is 0.681. The molecule has 0 saturated heterocycles. The van der Waals surface area contributed by atoms with Crippen LogP contribution in [0.25, 0.3) is 0 Å². The Hall–Kier alpha value is -1.34. The smallest absolute Gasteiger partial charge is 0.412 e. The Morgan fingerprint density at radius 3 is 2.24 bits per heavy atom. The molecule has 0 bridgehead atoms. The van der Waals surface area contributed by atoms with E-state index >= 15 is 0 Å². The molecule has 1 heterocycles. The Kier molecular flexibility index (Phi) is 5.22. The minimum absolute atomic E-state index is 0.431. The van der Waals surface area contributed by atoms with E-state index in [2.05, 4.69) is 25.0 Å². The van der Waals surface area contributed by atoms with Crippen LogP contribution in [0.5, 0.6) is 0 Å². The molecule has 0 radical (unpaired) electrons. The minimum atomic E-state index is -1.71. The Morgan fingerprint density at radius 2 is 1.81 bits per heavy atom. The summed E-state index contributed by atoms with van der Waals surface area (Å²) < 4.78 is 11.1. The number of carbonyl (C=O) groups is 2. The van der Waals surface area contributed by atoms with Gasteiger partial charge in [0, 0.05) is 9.88 Å². The molecule has 1 rings (SSSR count). The first-order valence-corrected chi connectivity index (χ1v) is 11.0. The average molecular weight is 329 g/mol. The predicted molar refractivity (Wildman–Crippen MR) is 88.5 cm³/mol. The van der Waals surface area contributed by atoms with Gasteiger partial charge in [0.1, 0.15) is 5.60 Å². The van der Waals surface area contributed by atoms with Crippen molar-refractivity contribution in [1.82, 2.24) is 0 Å². The average Bonchev–Trinajstić information content (AvgIpc) is 2.68. The molecule has 0 aliphatic heterocycles. The maximum Gasteiger partial charge on any atom is 0.412 e. The summed E-state index contributed by atoms with van der Waals surface area (Å²) in [5.41, 5.74) is 0.318. The summed E-state index contributed by atoms with van der Waals surface area (Å²) in [6.07, 6.45) is -0.576. The second-order valence-corrected chi connectivity index (χ2v) is 13.0. The van der Waals surface area contributed by atoms with Gasteiger partial charge in [-0.3, -0.25) is 5.32 Å². The monoisotopic (exact) mass is 329 g/mol. The number of methoxy groups -OCH3 is 1. The highest BCUT2D eigenvalue weighted by Crippen LogP contribution is 2.24. The van der Waals surface area contributed by atoms with E-state index in [1.54, 1.807) is 26.2 Å². The van der Waals surface area contributed by atoms with Crippen molar-refractivity contribution in [2.75, 3.05) is 12.4 Å². The Morgan fingerprint density at radius 1 is 1.24 bits per heavy atom. The number of hydrogen-bond donors (Lipinski definition) is 1. The number of rotatable bonds is 3. The molecule has 0 saturated carbocycles. The summed E-state index contributed by atoms with van der Waals surface area (Å²) in [5.74, 6) is -0.431. The number of nitrogens with one attached hydrogen (secondary N) is 1. The number of carbonyl (C=O) groups excluding carboxylic acids is 2. The number of amides is 1. The normalized spacial score (nSPS) is 12.0. The van der Waals surface area contributed by atoms with Gasteiger partial charge in [-0.25, -0.2) is 9.59 Å². The van der Waals surface area contributed by atoms with Crippen molar-refractivity contribution >= 4 is 41.7 Å². The third-order valence-electron chi connectivity index (χ3n) is 2.50. The van der Waals surface area contributed by atoms with Gasteiger partial charge < -0.3 is 9.47 Å². The van der Waals surface area contributed by atoms with Gasteiger partial charge in [0.2, 0.25) is 0 Å². The van der Waals surface area contributed by atoms with E-state index < -0.39 is 25.7 Å². The van der Waals surface area contributed by atoms with Gasteiger partial charge in [0.25, 0.3) is 0 Å². The summed E-state index contributed by atoms with van der Waals surface area (Å²) in [7, 11) is -0.370. The zero-order valence-electron chi connectivity index (χ0n) is 13.6. The molecular formula is C14H23NO4SSi. The van der Waals surface area contributed by atoms with E-state index in [4.69, 9.17) is 9.47 Å². The number of esters is 1. The molecule has 0 atom stereocenters. The fourth-order valence-electron chi connectivity index (χ4n) is 1.72. The van der Waals surface area contributed by atoms with Gasteiger partial charge in [0.05, 0.1) is 26.4 Å². The highest BCUT2D eigenvalue weighted by atomic mass is 32.1. The van der Waals surface area contributed by atoms with Crippen molar-refractivity contribution in [3.63, 3.8) is 0 Å². The van der Waals surface area contributed by atoms with Crippen molar-refractivity contribution in [3.8, 4) is 0 Å². The molecule has 0 aliphatic rings. The first-order valence-electron chi connectivity index (χ1n) is 6.66. The molecule has 1 aromatic heterocycles. The summed E-state index contributed by atoms with van der Waals surface area (Å²) >= 11 is 1.48. The maximum absolute atomic E-state index is 12.0. The summed E-state index contributed by atoms with van der Waals surface area (Å²) in [5, 5.41) is 4.41. The first kappa shape index (κ1) is 17.7. The second kappa shape index (κ2) is 6.19. The van der Waals surface area contributed by atoms with Gasteiger partial charge in [0.15, 0.2) is 0 Å². The van der Waals surface area contributed by atoms with Crippen molar-refractivity contribution in [1.29, 1.82) is 0 Å². The van der Waals surface area contributed by atoms with E-state index in [1.165, 1.54) is 18.4 Å². The number of anilines is 1. The molecule has 118 valence electrons. The van der Waals surface area contributed by atoms with Crippen LogP contribution >= 0.6 is 11.3 Å².